The van der Waals surface area contributed by atoms with Crippen molar-refractivity contribution in [3.63, 3.8) is 0 Å². The summed E-state index contributed by atoms with van der Waals surface area (Å²) in [5.74, 6) is 5.55. The van der Waals surface area contributed by atoms with E-state index in [0.29, 0.717) is 0 Å². The van der Waals surface area contributed by atoms with E-state index in [1.165, 1.54) is 25.7 Å². The van der Waals surface area contributed by atoms with Crippen LogP contribution in [-0.4, -0.2) is 13.4 Å². The zero-order valence-corrected chi connectivity index (χ0v) is 6.21. The highest BCUT2D eigenvalue weighted by Crippen LogP contribution is 2.24. The Kier molecular flexibility index (Phi) is 3.72. The summed E-state index contributed by atoms with van der Waals surface area (Å²) in [4.78, 5) is 4.28. The van der Waals surface area contributed by atoms with Crippen molar-refractivity contribution in [1.82, 2.24) is 0 Å². The maximum atomic E-state index is 5.12. The van der Waals surface area contributed by atoms with Crippen LogP contribution in [0.3, 0.4) is 0 Å². The van der Waals surface area contributed by atoms with Gasteiger partial charge in [-0.05, 0) is 18.8 Å². The molecule has 3 nitrogen and oxygen atoms in total. The van der Waals surface area contributed by atoms with E-state index < -0.39 is 0 Å². The molecule has 0 spiro atoms. The molecule has 0 bridgehead atoms. The van der Waals surface area contributed by atoms with E-state index in [1.54, 1.807) is 0 Å². The smallest absolute Gasteiger partial charge is 0.166 e. The van der Waals surface area contributed by atoms with Crippen molar-refractivity contribution in [3.05, 3.63) is 0 Å². The largest absolute Gasteiger partial charge is 0.353 e. The first kappa shape index (κ1) is 7.98. The van der Waals surface area contributed by atoms with E-state index in [2.05, 4.69) is 4.84 Å². The fraction of sp³-hybridized carbons (Fsp3) is 1.00. The van der Waals surface area contributed by atoms with Crippen molar-refractivity contribution in [3.8, 4) is 0 Å². The fourth-order valence-electron chi connectivity index (χ4n) is 1.44. The minimum Gasteiger partial charge on any atom is -0.353 e. The van der Waals surface area contributed by atoms with Crippen molar-refractivity contribution in [2.24, 2.45) is 11.8 Å². The van der Waals surface area contributed by atoms with Gasteiger partial charge in [-0.2, -0.15) is 0 Å². The van der Waals surface area contributed by atoms with Crippen LogP contribution in [0.15, 0.2) is 0 Å². The monoisotopic (exact) mass is 145 g/mol. The lowest BCUT2D eigenvalue weighted by Crippen LogP contribution is -2.10. The molecule has 2 N–H and O–H groups in total. The average molecular weight is 145 g/mol. The minimum absolute atomic E-state index is 0.233. The highest BCUT2D eigenvalue weighted by atomic mass is 16.7. The van der Waals surface area contributed by atoms with Gasteiger partial charge in [-0.15, -0.1) is 0 Å². The molecule has 1 aliphatic carbocycles. The lowest BCUT2D eigenvalue weighted by atomic mass is 10.1. The minimum atomic E-state index is 0.233. The molecule has 0 heterocycles. The van der Waals surface area contributed by atoms with Crippen molar-refractivity contribution >= 4 is 0 Å². The molecule has 0 amide bonds. The second kappa shape index (κ2) is 4.66. The predicted molar refractivity (Wildman–Crippen MR) is 38.0 cm³/mol. The van der Waals surface area contributed by atoms with Crippen molar-refractivity contribution in [1.29, 1.82) is 0 Å². The third-order valence-corrected chi connectivity index (χ3v) is 1.98. The second-order valence-corrected chi connectivity index (χ2v) is 2.81. The fourth-order valence-corrected chi connectivity index (χ4v) is 1.44. The normalized spacial score (nSPS) is 20.1. The molecule has 0 aromatic heterocycles. The third-order valence-electron chi connectivity index (χ3n) is 1.98. The Hall–Kier alpha value is -0.120. The van der Waals surface area contributed by atoms with Gasteiger partial charge in [-0.25, -0.2) is 5.90 Å². The molecule has 1 aliphatic rings. The van der Waals surface area contributed by atoms with Crippen LogP contribution in [0.25, 0.3) is 0 Å². The molecule has 0 aromatic rings. The van der Waals surface area contributed by atoms with E-state index in [4.69, 9.17) is 10.6 Å². The quantitative estimate of drug-likeness (QED) is 0.365. The molecule has 3 heteroatoms. The Morgan fingerprint density at radius 2 is 2.00 bits per heavy atom. The Balaban J connectivity index is 1.91. The molecule has 0 aliphatic heterocycles. The lowest BCUT2D eigenvalue weighted by Gasteiger charge is -2.07. The van der Waals surface area contributed by atoms with Gasteiger partial charge in [0.1, 0.15) is 0 Å². The zero-order chi connectivity index (χ0) is 7.23. The number of ether oxygens (including phenoxy) is 1. The summed E-state index contributed by atoms with van der Waals surface area (Å²) < 4.78 is 5.12. The van der Waals surface area contributed by atoms with Crippen molar-refractivity contribution in [2.45, 2.75) is 25.7 Å². The Bertz CT molecular complexity index is 81.7. The zero-order valence-electron chi connectivity index (χ0n) is 6.21. The Morgan fingerprint density at radius 1 is 1.30 bits per heavy atom. The molecule has 0 unspecified atom stereocenters. The first-order valence-corrected chi connectivity index (χ1v) is 3.83. The SMILES string of the molecule is NOCOCC1CCCC1. The van der Waals surface area contributed by atoms with Crippen LogP contribution in [-0.2, 0) is 9.57 Å². The molecule has 1 saturated carbocycles. The average Bonchev–Trinajstić information content (AvgIpc) is 2.41. The third kappa shape index (κ3) is 2.64. The summed E-state index contributed by atoms with van der Waals surface area (Å²) >= 11 is 0. The van der Waals surface area contributed by atoms with Gasteiger partial charge in [0.2, 0.25) is 0 Å². The molecule has 0 aromatic carbocycles. The first-order valence-electron chi connectivity index (χ1n) is 3.83. The van der Waals surface area contributed by atoms with Gasteiger partial charge in [0.05, 0.1) is 6.61 Å². The molecule has 0 radical (unpaired) electrons. The molecule has 0 atom stereocenters. The van der Waals surface area contributed by atoms with Crippen molar-refractivity contribution in [2.75, 3.05) is 13.4 Å². The Labute approximate surface area is 61.4 Å². The maximum absolute atomic E-state index is 5.12. The summed E-state index contributed by atoms with van der Waals surface area (Å²) in [5.41, 5.74) is 0. The summed E-state index contributed by atoms with van der Waals surface area (Å²) in [6.07, 6.45) is 5.34. The molecule has 60 valence electrons. The van der Waals surface area contributed by atoms with E-state index in [1.807, 2.05) is 0 Å². The number of rotatable bonds is 4. The van der Waals surface area contributed by atoms with Crippen LogP contribution in [0.5, 0.6) is 0 Å². The molecular formula is C7H15NO2. The first-order chi connectivity index (χ1) is 4.93. The second-order valence-electron chi connectivity index (χ2n) is 2.81. The standard InChI is InChI=1S/C7H15NO2/c8-10-6-9-5-7-3-1-2-4-7/h7H,1-6,8H2. The molecule has 1 rings (SSSR count). The van der Waals surface area contributed by atoms with Gasteiger partial charge < -0.3 is 4.74 Å². The van der Waals surface area contributed by atoms with Gasteiger partial charge in [0, 0.05) is 0 Å². The molecule has 10 heavy (non-hydrogen) atoms. The number of hydrogen-bond acceptors (Lipinski definition) is 3. The van der Waals surface area contributed by atoms with Gasteiger partial charge >= 0.3 is 0 Å². The number of nitrogens with two attached hydrogens (primary N) is 1. The van der Waals surface area contributed by atoms with Gasteiger partial charge in [-0.1, -0.05) is 12.8 Å². The Morgan fingerprint density at radius 3 is 2.60 bits per heavy atom. The summed E-state index contributed by atoms with van der Waals surface area (Å²) in [6, 6.07) is 0. The van der Waals surface area contributed by atoms with Crippen LogP contribution < -0.4 is 5.90 Å². The van der Waals surface area contributed by atoms with E-state index in [0.717, 1.165) is 12.5 Å². The lowest BCUT2D eigenvalue weighted by molar-refractivity contribution is -0.0655. The maximum Gasteiger partial charge on any atom is 0.166 e. The molecule has 0 saturated heterocycles. The van der Waals surface area contributed by atoms with Crippen LogP contribution in [0.1, 0.15) is 25.7 Å². The highest BCUT2D eigenvalue weighted by molar-refractivity contribution is 4.65. The highest BCUT2D eigenvalue weighted by Gasteiger charge is 2.14. The summed E-state index contributed by atoms with van der Waals surface area (Å²) in [6.45, 7) is 1.05. The summed E-state index contributed by atoms with van der Waals surface area (Å²) in [5, 5.41) is 0. The van der Waals surface area contributed by atoms with Gasteiger partial charge in [0.15, 0.2) is 6.79 Å². The van der Waals surface area contributed by atoms with Crippen LogP contribution in [0.4, 0.5) is 0 Å². The van der Waals surface area contributed by atoms with E-state index in [9.17, 15) is 0 Å². The van der Waals surface area contributed by atoms with Crippen LogP contribution >= 0.6 is 0 Å². The van der Waals surface area contributed by atoms with E-state index >= 15 is 0 Å². The summed E-state index contributed by atoms with van der Waals surface area (Å²) in [7, 11) is 0. The van der Waals surface area contributed by atoms with Gasteiger partial charge in [0.25, 0.3) is 0 Å². The molecule has 1 fully saturated rings. The van der Waals surface area contributed by atoms with Crippen LogP contribution in [0.2, 0.25) is 0 Å². The van der Waals surface area contributed by atoms with E-state index in [-0.39, 0.29) is 6.79 Å². The van der Waals surface area contributed by atoms with Crippen LogP contribution in [0, 0.1) is 5.92 Å². The predicted octanol–water partition coefficient (Wildman–Crippen LogP) is 1.04. The molecular weight excluding hydrogens is 130 g/mol. The van der Waals surface area contributed by atoms with Crippen molar-refractivity contribution < 1.29 is 9.57 Å². The topological polar surface area (TPSA) is 44.5 Å². The van der Waals surface area contributed by atoms with Gasteiger partial charge in [-0.3, -0.25) is 4.84 Å². The number of hydrogen-bond donors (Lipinski definition) is 1.